The van der Waals surface area contributed by atoms with E-state index in [1.165, 1.54) is 44.2 Å². The summed E-state index contributed by atoms with van der Waals surface area (Å²) in [6.45, 7) is 1.90. The molecule has 0 radical (unpaired) electrons. The van der Waals surface area contributed by atoms with Crippen LogP contribution in [-0.2, 0) is 7.05 Å². The van der Waals surface area contributed by atoms with Crippen LogP contribution in [0.3, 0.4) is 0 Å². The first-order valence-electron chi connectivity index (χ1n) is 7.66. The highest BCUT2D eigenvalue weighted by atomic mass is 19.1. The van der Waals surface area contributed by atoms with Crippen molar-refractivity contribution in [2.45, 2.75) is 44.9 Å². The average molecular weight is 287 g/mol. The van der Waals surface area contributed by atoms with Crippen LogP contribution in [0.1, 0.15) is 49.4 Å². The smallest absolute Gasteiger partial charge is 0.131 e. The Morgan fingerprint density at radius 2 is 1.95 bits per heavy atom. The molecule has 0 saturated heterocycles. The molecule has 1 aliphatic rings. The lowest BCUT2D eigenvalue weighted by Gasteiger charge is -2.21. The van der Waals surface area contributed by atoms with E-state index in [9.17, 15) is 4.39 Å². The van der Waals surface area contributed by atoms with Crippen LogP contribution in [0.5, 0.6) is 0 Å². The largest absolute Gasteiger partial charge is 0.383 e. The van der Waals surface area contributed by atoms with Crippen molar-refractivity contribution in [3.8, 4) is 11.3 Å². The van der Waals surface area contributed by atoms with Crippen molar-refractivity contribution >= 4 is 5.82 Å². The lowest BCUT2D eigenvalue weighted by atomic mass is 9.89. The number of imidazole rings is 1. The van der Waals surface area contributed by atoms with Crippen molar-refractivity contribution in [2.24, 2.45) is 7.05 Å². The Kier molecular flexibility index (Phi) is 3.70. The number of aryl methyl sites for hydroxylation is 1. The van der Waals surface area contributed by atoms with Gasteiger partial charge in [-0.1, -0.05) is 19.3 Å². The van der Waals surface area contributed by atoms with Crippen LogP contribution in [0.15, 0.2) is 18.2 Å². The highest BCUT2D eigenvalue weighted by Crippen LogP contribution is 2.36. The maximum absolute atomic E-state index is 13.3. The Balaban J connectivity index is 2.03. The Morgan fingerprint density at radius 3 is 2.62 bits per heavy atom. The summed E-state index contributed by atoms with van der Waals surface area (Å²) in [7, 11) is 1.98. The van der Waals surface area contributed by atoms with Crippen LogP contribution in [0.4, 0.5) is 10.2 Å². The van der Waals surface area contributed by atoms with E-state index in [1.807, 2.05) is 18.5 Å². The van der Waals surface area contributed by atoms with Crippen molar-refractivity contribution in [3.63, 3.8) is 0 Å². The molecule has 21 heavy (non-hydrogen) atoms. The molecular weight excluding hydrogens is 265 g/mol. The number of benzene rings is 1. The summed E-state index contributed by atoms with van der Waals surface area (Å²) in [6.07, 6.45) is 6.23. The first kappa shape index (κ1) is 14.1. The minimum absolute atomic E-state index is 0.224. The lowest BCUT2D eigenvalue weighted by molar-refractivity contribution is 0.422. The van der Waals surface area contributed by atoms with E-state index in [-0.39, 0.29) is 5.82 Å². The number of nitrogen functional groups attached to an aromatic ring is 1. The van der Waals surface area contributed by atoms with Crippen LogP contribution in [0, 0.1) is 12.7 Å². The van der Waals surface area contributed by atoms with Gasteiger partial charge in [0.05, 0.1) is 0 Å². The standard InChI is InChI=1S/C17H22FN3/c1-11-10-13(18)8-9-14(11)15-16(19)21(2)17(20-15)12-6-4-3-5-7-12/h8-10,12H,3-7,19H2,1-2H3. The van der Waals surface area contributed by atoms with Gasteiger partial charge in [0.15, 0.2) is 0 Å². The zero-order valence-corrected chi connectivity index (χ0v) is 12.7. The molecule has 1 saturated carbocycles. The molecule has 1 aromatic heterocycles. The first-order valence-corrected chi connectivity index (χ1v) is 7.66. The molecule has 1 aromatic carbocycles. The van der Waals surface area contributed by atoms with E-state index < -0.39 is 0 Å². The van der Waals surface area contributed by atoms with E-state index >= 15 is 0 Å². The summed E-state index contributed by atoms with van der Waals surface area (Å²) in [5.41, 5.74) is 8.84. The highest BCUT2D eigenvalue weighted by molar-refractivity contribution is 5.73. The molecule has 1 fully saturated rings. The van der Waals surface area contributed by atoms with Gasteiger partial charge in [0, 0.05) is 18.5 Å². The third kappa shape index (κ3) is 2.55. The third-order valence-electron chi connectivity index (χ3n) is 4.59. The van der Waals surface area contributed by atoms with Gasteiger partial charge < -0.3 is 10.3 Å². The lowest BCUT2D eigenvalue weighted by Crippen LogP contribution is -2.11. The number of hydrogen-bond acceptors (Lipinski definition) is 2. The zero-order valence-electron chi connectivity index (χ0n) is 12.7. The van der Waals surface area contributed by atoms with Gasteiger partial charge in [-0.25, -0.2) is 9.37 Å². The zero-order chi connectivity index (χ0) is 15.0. The van der Waals surface area contributed by atoms with Gasteiger partial charge in [-0.2, -0.15) is 0 Å². The maximum atomic E-state index is 13.3. The molecule has 1 aliphatic carbocycles. The van der Waals surface area contributed by atoms with Gasteiger partial charge in [0.25, 0.3) is 0 Å². The van der Waals surface area contributed by atoms with Crippen molar-refractivity contribution in [1.29, 1.82) is 0 Å². The number of halogens is 1. The normalized spacial score (nSPS) is 16.3. The fourth-order valence-corrected chi connectivity index (χ4v) is 3.35. The minimum atomic E-state index is -0.224. The molecule has 2 aromatic rings. The van der Waals surface area contributed by atoms with Gasteiger partial charge >= 0.3 is 0 Å². The molecule has 1 heterocycles. The van der Waals surface area contributed by atoms with Gasteiger partial charge in [-0.05, 0) is 43.5 Å². The van der Waals surface area contributed by atoms with Crippen molar-refractivity contribution in [2.75, 3.05) is 5.73 Å². The van der Waals surface area contributed by atoms with Crippen LogP contribution in [0.2, 0.25) is 0 Å². The second-order valence-corrected chi connectivity index (χ2v) is 6.06. The van der Waals surface area contributed by atoms with Gasteiger partial charge in [-0.3, -0.25) is 0 Å². The molecule has 0 amide bonds. The second kappa shape index (κ2) is 5.51. The topological polar surface area (TPSA) is 43.8 Å². The Morgan fingerprint density at radius 1 is 1.24 bits per heavy atom. The van der Waals surface area contributed by atoms with Gasteiger partial charge in [-0.15, -0.1) is 0 Å². The van der Waals surface area contributed by atoms with Crippen molar-refractivity contribution in [1.82, 2.24) is 9.55 Å². The predicted molar refractivity (Wildman–Crippen MR) is 83.6 cm³/mol. The summed E-state index contributed by atoms with van der Waals surface area (Å²) >= 11 is 0. The number of nitrogens with two attached hydrogens (primary N) is 1. The minimum Gasteiger partial charge on any atom is -0.383 e. The van der Waals surface area contributed by atoms with E-state index in [4.69, 9.17) is 10.7 Å². The summed E-state index contributed by atoms with van der Waals surface area (Å²) < 4.78 is 15.3. The van der Waals surface area contributed by atoms with E-state index in [0.29, 0.717) is 11.7 Å². The summed E-state index contributed by atoms with van der Waals surface area (Å²) in [6, 6.07) is 4.77. The molecule has 0 unspecified atom stereocenters. The van der Waals surface area contributed by atoms with Crippen LogP contribution in [0.25, 0.3) is 11.3 Å². The first-order chi connectivity index (χ1) is 10.1. The van der Waals surface area contributed by atoms with Crippen LogP contribution >= 0.6 is 0 Å². The van der Waals surface area contributed by atoms with Crippen molar-refractivity contribution < 1.29 is 4.39 Å². The van der Waals surface area contributed by atoms with Crippen LogP contribution in [-0.4, -0.2) is 9.55 Å². The molecule has 112 valence electrons. The van der Waals surface area contributed by atoms with E-state index in [0.717, 1.165) is 22.6 Å². The number of rotatable bonds is 2. The number of hydrogen-bond donors (Lipinski definition) is 1. The molecule has 0 bridgehead atoms. The number of nitrogens with zero attached hydrogens (tertiary/aromatic N) is 2. The number of anilines is 1. The van der Waals surface area contributed by atoms with Crippen LogP contribution < -0.4 is 5.73 Å². The maximum Gasteiger partial charge on any atom is 0.131 e. The van der Waals surface area contributed by atoms with Gasteiger partial charge in [0.1, 0.15) is 23.2 Å². The Labute approximate surface area is 125 Å². The molecule has 3 rings (SSSR count). The molecule has 0 spiro atoms. The average Bonchev–Trinajstić information content (AvgIpc) is 2.77. The second-order valence-electron chi connectivity index (χ2n) is 6.06. The fourth-order valence-electron chi connectivity index (χ4n) is 3.35. The molecule has 0 atom stereocenters. The quantitative estimate of drug-likeness (QED) is 0.901. The van der Waals surface area contributed by atoms with E-state index in [2.05, 4.69) is 0 Å². The van der Waals surface area contributed by atoms with E-state index in [1.54, 1.807) is 6.07 Å². The van der Waals surface area contributed by atoms with Crippen molar-refractivity contribution in [3.05, 3.63) is 35.4 Å². The summed E-state index contributed by atoms with van der Waals surface area (Å²) in [4.78, 5) is 4.81. The molecule has 4 heteroatoms. The Hall–Kier alpha value is -1.84. The SMILES string of the molecule is Cc1cc(F)ccc1-c1nc(C2CCCCC2)n(C)c1N. The number of aromatic nitrogens is 2. The Bertz CT molecular complexity index is 654. The third-order valence-corrected chi connectivity index (χ3v) is 4.59. The monoisotopic (exact) mass is 287 g/mol. The predicted octanol–water partition coefficient (Wildman–Crippen LogP) is 4.16. The molecule has 0 aliphatic heterocycles. The molecular formula is C17H22FN3. The highest BCUT2D eigenvalue weighted by Gasteiger charge is 2.23. The summed E-state index contributed by atoms with van der Waals surface area (Å²) in [5.74, 6) is 2.02. The summed E-state index contributed by atoms with van der Waals surface area (Å²) in [5, 5.41) is 0. The van der Waals surface area contributed by atoms with Gasteiger partial charge in [0.2, 0.25) is 0 Å². The molecule has 3 nitrogen and oxygen atoms in total. The molecule has 2 N–H and O–H groups in total. The fraction of sp³-hybridized carbons (Fsp3) is 0.471.